The van der Waals surface area contributed by atoms with E-state index < -0.39 is 28.5 Å². The second-order valence-corrected chi connectivity index (χ2v) is 9.83. The Kier molecular flexibility index (Phi) is 4.45. The van der Waals surface area contributed by atoms with E-state index in [2.05, 4.69) is 19.8 Å². The molecule has 0 radical (unpaired) electrons. The Hall–Kier alpha value is -2.49. The van der Waals surface area contributed by atoms with E-state index in [4.69, 9.17) is 14.4 Å². The Morgan fingerprint density at radius 1 is 1.32 bits per heavy atom. The lowest BCUT2D eigenvalue weighted by Crippen LogP contribution is -2.43. The topological polar surface area (TPSA) is 168 Å². The third-order valence-electron chi connectivity index (χ3n) is 6.36. The fourth-order valence-electron chi connectivity index (χ4n) is 4.78. The standard InChI is InChI=1S/C16H24N8O6S/c1-21(2)8-22-6-9(18-14(22)17)12-19-20-13(29-12)10-5-16(3-4-16)11-7-23(10)15(25)24(11)30-31(26,27)28/h9-11H,3-8H2,1-2H3,(H2,17,18)(H,26,27,28)/t9?,10-,11-/m0/s1. The normalized spacial score (nSPS) is 29.4. The van der Waals surface area contributed by atoms with E-state index >= 15 is 0 Å². The fourth-order valence-corrected chi connectivity index (χ4v) is 5.15. The number of urea groups is 1. The van der Waals surface area contributed by atoms with Gasteiger partial charge in [0.1, 0.15) is 12.1 Å². The van der Waals surface area contributed by atoms with Gasteiger partial charge in [0, 0.05) is 6.54 Å². The number of guanidine groups is 1. The highest BCUT2D eigenvalue weighted by Crippen LogP contribution is 2.61. The molecule has 3 atom stereocenters. The minimum atomic E-state index is -4.82. The number of hydrogen-bond acceptors (Lipinski definition) is 9. The molecule has 1 aromatic heterocycles. The summed E-state index contributed by atoms with van der Waals surface area (Å²) in [5.41, 5.74) is -0.303. The average molecular weight is 456 g/mol. The summed E-state index contributed by atoms with van der Waals surface area (Å²) in [7, 11) is -0.991. The monoisotopic (exact) mass is 456 g/mol. The van der Waals surface area contributed by atoms with Gasteiger partial charge in [0.25, 0.3) is 0 Å². The van der Waals surface area contributed by atoms with Crippen molar-refractivity contribution in [2.75, 3.05) is 33.9 Å². The molecule has 0 aromatic carbocycles. The summed E-state index contributed by atoms with van der Waals surface area (Å²) in [5.74, 6) is 0.857. The number of carbonyl (C=O) groups excluding carboxylic acids is 1. The Balaban J connectivity index is 1.36. The van der Waals surface area contributed by atoms with Gasteiger partial charge in [-0.2, -0.15) is 13.5 Å². The maximum absolute atomic E-state index is 12.8. The summed E-state index contributed by atoms with van der Waals surface area (Å²) >= 11 is 0. The molecule has 4 heterocycles. The number of rotatable bonds is 6. The lowest BCUT2D eigenvalue weighted by molar-refractivity contribution is -0.0530. The zero-order valence-electron chi connectivity index (χ0n) is 17.1. The predicted molar refractivity (Wildman–Crippen MR) is 103 cm³/mol. The Labute approximate surface area is 178 Å². The van der Waals surface area contributed by atoms with Crippen molar-refractivity contribution in [3.63, 3.8) is 0 Å². The molecule has 2 amide bonds. The summed E-state index contributed by atoms with van der Waals surface area (Å²) in [6.07, 6.45) is 2.15. The summed E-state index contributed by atoms with van der Waals surface area (Å²) in [4.78, 5) is 18.1. The number of hydrogen-bond donors (Lipinski definition) is 3. The molecule has 2 bridgehead atoms. The van der Waals surface area contributed by atoms with Crippen molar-refractivity contribution in [3.05, 3.63) is 11.8 Å². The summed E-state index contributed by atoms with van der Waals surface area (Å²) in [6.45, 7) is 1.31. The molecule has 3 saturated heterocycles. The van der Waals surface area contributed by atoms with E-state index in [-0.39, 0.29) is 29.9 Å². The van der Waals surface area contributed by atoms with Gasteiger partial charge in [0.2, 0.25) is 11.8 Å². The molecule has 1 aromatic rings. The maximum Gasteiger partial charge on any atom is 0.418 e. The predicted octanol–water partition coefficient (Wildman–Crippen LogP) is -0.465. The zero-order chi connectivity index (χ0) is 22.1. The molecule has 14 nitrogen and oxygen atoms in total. The minimum Gasteiger partial charge on any atom is -0.421 e. The van der Waals surface area contributed by atoms with Crippen molar-refractivity contribution in [2.24, 2.45) is 5.41 Å². The molecule has 1 saturated carbocycles. The quantitative estimate of drug-likeness (QED) is 0.473. The van der Waals surface area contributed by atoms with Gasteiger partial charge in [-0.25, -0.2) is 4.79 Å². The number of aromatic nitrogens is 2. The van der Waals surface area contributed by atoms with Gasteiger partial charge in [0.05, 0.1) is 19.3 Å². The fraction of sp³-hybridized carbons (Fsp3) is 0.750. The molecule has 4 aliphatic rings. The van der Waals surface area contributed by atoms with Gasteiger partial charge in [0.15, 0.2) is 5.96 Å². The number of hydroxylamine groups is 2. The summed E-state index contributed by atoms with van der Waals surface area (Å²) in [5, 5.41) is 20.2. The molecule has 15 heteroatoms. The Morgan fingerprint density at radius 2 is 2.03 bits per heavy atom. The molecule has 5 rings (SSSR count). The van der Waals surface area contributed by atoms with Crippen LogP contribution in [-0.4, -0.2) is 94.8 Å². The van der Waals surface area contributed by atoms with Crippen molar-refractivity contribution in [2.45, 2.75) is 37.4 Å². The van der Waals surface area contributed by atoms with Crippen molar-refractivity contribution >= 4 is 22.4 Å². The van der Waals surface area contributed by atoms with Crippen LogP contribution in [0.5, 0.6) is 0 Å². The molecule has 1 spiro atoms. The van der Waals surface area contributed by atoms with Crippen LogP contribution in [0.15, 0.2) is 4.42 Å². The first-order chi connectivity index (χ1) is 14.6. The average Bonchev–Trinajstić information content (AvgIpc) is 3.00. The van der Waals surface area contributed by atoms with Crippen LogP contribution in [0.1, 0.15) is 43.1 Å². The van der Waals surface area contributed by atoms with Crippen LogP contribution in [0.25, 0.3) is 0 Å². The number of nitrogens with zero attached hydrogens (tertiary/aromatic N) is 6. The number of nitrogens with one attached hydrogen (secondary N) is 2. The van der Waals surface area contributed by atoms with Crippen molar-refractivity contribution < 1.29 is 26.5 Å². The number of fused-ring (bicyclic) bond motifs is 3. The van der Waals surface area contributed by atoms with Gasteiger partial charge < -0.3 is 19.5 Å². The van der Waals surface area contributed by atoms with Crippen molar-refractivity contribution in [1.82, 2.24) is 35.3 Å². The van der Waals surface area contributed by atoms with Gasteiger partial charge in [-0.05, 0) is 38.8 Å². The lowest BCUT2D eigenvalue weighted by atomic mass is 9.85. The molecule has 170 valence electrons. The van der Waals surface area contributed by atoms with Crippen LogP contribution in [0.4, 0.5) is 4.79 Å². The van der Waals surface area contributed by atoms with E-state index in [1.165, 1.54) is 4.90 Å². The molecular formula is C16H24N8O6S. The molecule has 1 aliphatic carbocycles. The van der Waals surface area contributed by atoms with Crippen LogP contribution >= 0.6 is 0 Å². The van der Waals surface area contributed by atoms with E-state index in [0.717, 1.165) is 17.9 Å². The van der Waals surface area contributed by atoms with Gasteiger partial charge in [-0.3, -0.25) is 14.9 Å². The van der Waals surface area contributed by atoms with E-state index in [0.29, 0.717) is 25.5 Å². The SMILES string of the molecule is CN(C)CN1CC(c2nnc([C@@H]3CC4(CC4)[C@@H]4CN3C(=O)N4OS(=O)(=O)O)o2)NC1=N. The van der Waals surface area contributed by atoms with Gasteiger partial charge in [-0.15, -0.1) is 14.5 Å². The third-order valence-corrected chi connectivity index (χ3v) is 6.71. The smallest absolute Gasteiger partial charge is 0.418 e. The first-order valence-corrected chi connectivity index (χ1v) is 11.3. The second kappa shape index (κ2) is 6.75. The highest BCUT2D eigenvalue weighted by molar-refractivity contribution is 7.80. The lowest BCUT2D eigenvalue weighted by Gasteiger charge is -2.34. The minimum absolute atomic E-state index is 0.250. The maximum atomic E-state index is 12.8. The van der Waals surface area contributed by atoms with Crippen LogP contribution in [0.3, 0.4) is 0 Å². The second-order valence-electron chi connectivity index (χ2n) is 8.83. The molecule has 3 aliphatic heterocycles. The summed E-state index contributed by atoms with van der Waals surface area (Å²) < 4.78 is 42.0. The molecule has 1 unspecified atom stereocenters. The van der Waals surface area contributed by atoms with E-state index in [1.54, 1.807) is 0 Å². The van der Waals surface area contributed by atoms with Gasteiger partial charge >= 0.3 is 16.4 Å². The van der Waals surface area contributed by atoms with Crippen LogP contribution in [0.2, 0.25) is 0 Å². The first kappa shape index (κ1) is 20.4. The largest absolute Gasteiger partial charge is 0.421 e. The number of amides is 2. The molecule has 3 N–H and O–H groups in total. The van der Waals surface area contributed by atoms with Crippen LogP contribution < -0.4 is 5.32 Å². The van der Waals surface area contributed by atoms with Crippen molar-refractivity contribution in [1.29, 1.82) is 5.41 Å². The van der Waals surface area contributed by atoms with E-state index in [1.807, 2.05) is 23.9 Å². The van der Waals surface area contributed by atoms with Crippen LogP contribution in [-0.2, 0) is 14.7 Å². The molecule has 4 fully saturated rings. The van der Waals surface area contributed by atoms with Crippen molar-refractivity contribution in [3.8, 4) is 0 Å². The first-order valence-electron chi connectivity index (χ1n) is 9.91. The molecular weight excluding hydrogens is 432 g/mol. The molecule has 31 heavy (non-hydrogen) atoms. The highest BCUT2D eigenvalue weighted by atomic mass is 32.3. The Bertz CT molecular complexity index is 1020. The van der Waals surface area contributed by atoms with Crippen LogP contribution in [0, 0.1) is 10.8 Å². The summed E-state index contributed by atoms with van der Waals surface area (Å²) in [6, 6.07) is -1.97. The number of carbonyl (C=O) groups is 1. The highest BCUT2D eigenvalue weighted by Gasteiger charge is 2.65. The Morgan fingerprint density at radius 3 is 2.68 bits per heavy atom. The zero-order valence-corrected chi connectivity index (χ0v) is 17.9. The van der Waals surface area contributed by atoms with Gasteiger partial charge in [-0.1, -0.05) is 0 Å². The van der Waals surface area contributed by atoms with E-state index in [9.17, 15) is 13.2 Å². The number of piperidine rings is 1. The third kappa shape index (κ3) is 3.50.